The maximum absolute atomic E-state index is 12.6. The fraction of sp³-hybridized carbons (Fsp3) is 0.174. The Hall–Kier alpha value is -3.09. The number of thiophene rings is 1. The minimum Gasteiger partial charge on any atom is -0.306 e. The zero-order valence-electron chi connectivity index (χ0n) is 15.8. The molecule has 0 radical (unpaired) electrons. The van der Waals surface area contributed by atoms with Crippen molar-refractivity contribution in [3.05, 3.63) is 93.5 Å². The highest BCUT2D eigenvalue weighted by atomic mass is 32.1. The normalized spacial score (nSPS) is 13.9. The molecule has 29 heavy (non-hydrogen) atoms. The van der Waals surface area contributed by atoms with Crippen LogP contribution in [0.1, 0.15) is 16.1 Å². The predicted octanol–water partition coefficient (Wildman–Crippen LogP) is 4.12. The van der Waals surface area contributed by atoms with Crippen molar-refractivity contribution < 1.29 is 0 Å². The predicted molar refractivity (Wildman–Crippen MR) is 116 cm³/mol. The lowest BCUT2D eigenvalue weighted by Crippen LogP contribution is -2.34. The van der Waals surface area contributed by atoms with E-state index in [9.17, 15) is 4.79 Å². The van der Waals surface area contributed by atoms with E-state index in [1.807, 2.05) is 29.5 Å². The van der Waals surface area contributed by atoms with Gasteiger partial charge < -0.3 is 4.98 Å². The number of aromatic nitrogens is 3. The maximum atomic E-state index is 12.6. The third-order valence-corrected chi connectivity index (χ3v) is 6.32. The molecule has 0 unspecified atom stereocenters. The van der Waals surface area contributed by atoms with Gasteiger partial charge in [0.15, 0.2) is 0 Å². The van der Waals surface area contributed by atoms with E-state index in [1.165, 1.54) is 15.3 Å². The van der Waals surface area contributed by atoms with Crippen molar-refractivity contribution in [2.24, 2.45) is 0 Å². The number of nitrogens with zero attached hydrogens (tertiary/aromatic N) is 3. The number of aromatic amines is 1. The van der Waals surface area contributed by atoms with E-state index in [1.54, 1.807) is 12.4 Å². The number of pyridine rings is 1. The lowest BCUT2D eigenvalue weighted by atomic mass is 10.1. The second kappa shape index (κ2) is 7.73. The summed E-state index contributed by atoms with van der Waals surface area (Å²) in [6.45, 7) is 2.43. The van der Waals surface area contributed by atoms with Gasteiger partial charge in [0.1, 0.15) is 5.82 Å². The van der Waals surface area contributed by atoms with Gasteiger partial charge in [-0.1, -0.05) is 30.3 Å². The molecule has 3 aromatic heterocycles. The molecule has 4 aromatic rings. The number of hydrogen-bond acceptors (Lipinski definition) is 5. The first-order valence-corrected chi connectivity index (χ1v) is 10.5. The number of H-pyrrole nitrogens is 1. The second-order valence-electron chi connectivity index (χ2n) is 7.17. The van der Waals surface area contributed by atoms with Crippen LogP contribution in [0.3, 0.4) is 0 Å². The molecule has 6 heteroatoms. The topological polar surface area (TPSA) is 61.9 Å². The molecule has 5 nitrogen and oxygen atoms in total. The van der Waals surface area contributed by atoms with Gasteiger partial charge in [-0.15, -0.1) is 11.3 Å². The Kier molecular flexibility index (Phi) is 4.79. The third-order valence-electron chi connectivity index (χ3n) is 5.21. The van der Waals surface area contributed by atoms with E-state index >= 15 is 0 Å². The van der Waals surface area contributed by atoms with Crippen molar-refractivity contribution in [3.63, 3.8) is 0 Å². The van der Waals surface area contributed by atoms with Crippen molar-refractivity contribution in [2.75, 3.05) is 6.54 Å². The van der Waals surface area contributed by atoms with Crippen LogP contribution < -0.4 is 5.56 Å². The Labute approximate surface area is 172 Å². The zero-order chi connectivity index (χ0) is 19.6. The molecule has 0 saturated carbocycles. The van der Waals surface area contributed by atoms with Gasteiger partial charge in [0, 0.05) is 52.9 Å². The minimum atomic E-state index is -0.0241. The fourth-order valence-electron chi connectivity index (χ4n) is 3.72. The van der Waals surface area contributed by atoms with Gasteiger partial charge in [-0.2, -0.15) is 0 Å². The van der Waals surface area contributed by atoms with Crippen LogP contribution in [0, 0.1) is 0 Å². The number of benzene rings is 1. The molecule has 0 aliphatic carbocycles. The summed E-state index contributed by atoms with van der Waals surface area (Å²) < 4.78 is 0. The molecule has 144 valence electrons. The zero-order valence-corrected chi connectivity index (χ0v) is 16.7. The molecule has 1 aliphatic rings. The van der Waals surface area contributed by atoms with Gasteiger partial charge in [0.25, 0.3) is 5.56 Å². The number of rotatable bonds is 4. The molecule has 1 aromatic carbocycles. The molecule has 0 spiro atoms. The fourth-order valence-corrected chi connectivity index (χ4v) is 4.77. The van der Waals surface area contributed by atoms with Crippen LogP contribution in [0.4, 0.5) is 0 Å². The second-order valence-corrected chi connectivity index (χ2v) is 8.34. The Bertz CT molecular complexity index is 1180. The van der Waals surface area contributed by atoms with Gasteiger partial charge in [0.05, 0.1) is 5.69 Å². The first-order valence-electron chi connectivity index (χ1n) is 9.65. The van der Waals surface area contributed by atoms with Crippen molar-refractivity contribution in [1.82, 2.24) is 19.9 Å². The van der Waals surface area contributed by atoms with Crippen LogP contribution in [0.2, 0.25) is 0 Å². The first-order chi connectivity index (χ1) is 14.3. The lowest BCUT2D eigenvalue weighted by Gasteiger charge is -2.27. The molecular weight excluding hydrogens is 380 g/mol. The highest BCUT2D eigenvalue weighted by Gasteiger charge is 2.22. The highest BCUT2D eigenvalue weighted by Crippen LogP contribution is 2.29. The molecule has 4 heterocycles. The van der Waals surface area contributed by atoms with E-state index in [0.717, 1.165) is 36.3 Å². The number of fused-ring (bicyclic) bond motifs is 1. The third kappa shape index (κ3) is 3.77. The minimum absolute atomic E-state index is 0.0241. The average molecular weight is 401 g/mol. The van der Waals surface area contributed by atoms with E-state index in [0.29, 0.717) is 12.4 Å². The van der Waals surface area contributed by atoms with E-state index in [-0.39, 0.29) is 5.56 Å². The number of nitrogens with one attached hydrogen (secondary N) is 1. The van der Waals surface area contributed by atoms with Crippen LogP contribution in [-0.4, -0.2) is 26.4 Å². The molecule has 0 fully saturated rings. The van der Waals surface area contributed by atoms with Crippen LogP contribution >= 0.6 is 11.3 Å². The number of hydrogen-bond donors (Lipinski definition) is 1. The van der Waals surface area contributed by atoms with E-state index in [4.69, 9.17) is 4.98 Å². The van der Waals surface area contributed by atoms with Crippen LogP contribution in [0.25, 0.3) is 21.8 Å². The molecular formula is C23H20N4OS. The van der Waals surface area contributed by atoms with Gasteiger partial charge in [-0.05, 0) is 36.2 Å². The monoisotopic (exact) mass is 400 g/mol. The van der Waals surface area contributed by atoms with Crippen molar-refractivity contribution in [2.45, 2.75) is 19.5 Å². The summed E-state index contributed by atoms with van der Waals surface area (Å²) in [7, 11) is 0. The summed E-state index contributed by atoms with van der Waals surface area (Å²) in [4.78, 5) is 29.3. The Morgan fingerprint density at radius 1 is 1.00 bits per heavy atom. The Morgan fingerprint density at radius 2 is 1.83 bits per heavy atom. The Morgan fingerprint density at radius 3 is 2.66 bits per heavy atom. The molecule has 0 amide bonds. The van der Waals surface area contributed by atoms with Gasteiger partial charge in [-0.25, -0.2) is 4.98 Å². The van der Waals surface area contributed by atoms with Crippen molar-refractivity contribution in [3.8, 4) is 21.8 Å². The standard InChI is InChI=1S/C23H20N4OS/c28-23-19-10-13-27(14-18-6-7-21(29-18)16-4-2-1-3-5-16)15-20(19)25-22(26-23)17-8-11-24-12-9-17/h1-9,11-12H,10,13-15H2,(H,25,26,28). The average Bonchev–Trinajstić information content (AvgIpc) is 3.23. The summed E-state index contributed by atoms with van der Waals surface area (Å²) in [6, 6.07) is 18.6. The van der Waals surface area contributed by atoms with Gasteiger partial charge >= 0.3 is 0 Å². The maximum Gasteiger partial charge on any atom is 0.254 e. The molecule has 1 N–H and O–H groups in total. The van der Waals surface area contributed by atoms with E-state index < -0.39 is 0 Å². The molecule has 5 rings (SSSR count). The first kappa shape index (κ1) is 18.0. The highest BCUT2D eigenvalue weighted by molar-refractivity contribution is 7.15. The molecule has 0 bridgehead atoms. The molecule has 1 aliphatic heterocycles. The van der Waals surface area contributed by atoms with Crippen LogP contribution in [0.5, 0.6) is 0 Å². The Balaban J connectivity index is 1.36. The molecule has 0 saturated heterocycles. The van der Waals surface area contributed by atoms with Gasteiger partial charge in [0.2, 0.25) is 0 Å². The molecule has 0 atom stereocenters. The lowest BCUT2D eigenvalue weighted by molar-refractivity contribution is 0.242. The largest absolute Gasteiger partial charge is 0.306 e. The summed E-state index contributed by atoms with van der Waals surface area (Å²) in [5, 5.41) is 0. The van der Waals surface area contributed by atoms with Gasteiger partial charge in [-0.3, -0.25) is 14.7 Å². The summed E-state index contributed by atoms with van der Waals surface area (Å²) in [6.07, 6.45) is 4.15. The van der Waals surface area contributed by atoms with Crippen LogP contribution in [-0.2, 0) is 19.5 Å². The van der Waals surface area contributed by atoms with Crippen LogP contribution in [0.15, 0.2) is 71.8 Å². The van der Waals surface area contributed by atoms with E-state index in [2.05, 4.69) is 51.3 Å². The SMILES string of the molecule is O=c1[nH]c(-c2ccncc2)nc2c1CCN(Cc1ccc(-c3ccccc3)s1)C2. The summed E-state index contributed by atoms with van der Waals surface area (Å²) in [5.41, 5.74) is 3.80. The van der Waals surface area contributed by atoms with Crippen molar-refractivity contribution in [1.29, 1.82) is 0 Å². The quantitative estimate of drug-likeness (QED) is 0.560. The summed E-state index contributed by atoms with van der Waals surface area (Å²) in [5.74, 6) is 0.612. The smallest absolute Gasteiger partial charge is 0.254 e. The summed E-state index contributed by atoms with van der Waals surface area (Å²) >= 11 is 1.83. The van der Waals surface area contributed by atoms with Crippen molar-refractivity contribution >= 4 is 11.3 Å².